The molecule has 2 aromatic heterocycles. The number of thiophene rings is 1. The van der Waals surface area contributed by atoms with Crippen molar-refractivity contribution in [3.8, 4) is 11.5 Å². The summed E-state index contributed by atoms with van der Waals surface area (Å²) in [5, 5.41) is 10.3. The van der Waals surface area contributed by atoms with Crippen molar-refractivity contribution in [3.05, 3.63) is 28.3 Å². The molecule has 3 heterocycles. The number of piperazine rings is 1. The van der Waals surface area contributed by atoms with Crippen LogP contribution in [0.2, 0.25) is 0 Å². The fourth-order valence-corrected chi connectivity index (χ4v) is 3.23. The summed E-state index contributed by atoms with van der Waals surface area (Å²) in [6.07, 6.45) is 0.265. The van der Waals surface area contributed by atoms with Gasteiger partial charge < -0.3 is 15.1 Å². The smallest absolute Gasteiger partial charge is 0.227 e. The molecule has 9 heteroatoms. The Morgan fingerprint density at radius 1 is 1.40 bits per heavy atom. The van der Waals surface area contributed by atoms with Crippen LogP contribution < -0.4 is 10.6 Å². The van der Waals surface area contributed by atoms with Gasteiger partial charge in [-0.15, -0.1) is 24.8 Å². The van der Waals surface area contributed by atoms with E-state index in [4.69, 9.17) is 4.42 Å². The third-order valence-corrected chi connectivity index (χ3v) is 4.63. The van der Waals surface area contributed by atoms with E-state index in [0.29, 0.717) is 23.9 Å². The molecule has 0 aliphatic carbocycles. The highest BCUT2D eigenvalue weighted by atomic mass is 35.5. The Morgan fingerprint density at radius 2 is 2.16 bits per heavy atom. The molecule has 0 bridgehead atoms. The molecule has 0 unspecified atom stereocenters. The van der Waals surface area contributed by atoms with E-state index in [1.165, 1.54) is 0 Å². The second-order valence-electron chi connectivity index (χ2n) is 5.65. The molecule has 1 saturated heterocycles. The van der Waals surface area contributed by atoms with E-state index in [1.807, 2.05) is 23.8 Å². The number of nitrogens with one attached hydrogen (secondary N) is 2. The summed E-state index contributed by atoms with van der Waals surface area (Å²) in [6, 6.07) is 1.97. The SMILES string of the molecule is Cc1oc(-c2ccsc2)nc1CC(=O)NCCN1CCNCC1.Cl.Cl. The molecule has 3 rings (SSSR count). The second kappa shape index (κ2) is 10.8. The number of hydrogen-bond acceptors (Lipinski definition) is 6. The zero-order valence-electron chi connectivity index (χ0n) is 14.1. The average Bonchev–Trinajstić information content (AvgIpc) is 3.19. The van der Waals surface area contributed by atoms with Gasteiger partial charge in [0.1, 0.15) is 5.76 Å². The van der Waals surface area contributed by atoms with Crippen LogP contribution in [0.15, 0.2) is 21.2 Å². The first-order chi connectivity index (χ1) is 11.2. The Hall–Kier alpha value is -1.12. The van der Waals surface area contributed by atoms with E-state index >= 15 is 0 Å². The van der Waals surface area contributed by atoms with Crippen molar-refractivity contribution < 1.29 is 9.21 Å². The normalized spacial score (nSPS) is 14.4. The van der Waals surface area contributed by atoms with Gasteiger partial charge in [-0.1, -0.05) is 0 Å². The van der Waals surface area contributed by atoms with E-state index in [-0.39, 0.29) is 37.1 Å². The van der Waals surface area contributed by atoms with Crippen molar-refractivity contribution in [2.75, 3.05) is 39.3 Å². The topological polar surface area (TPSA) is 70.4 Å². The van der Waals surface area contributed by atoms with E-state index in [2.05, 4.69) is 20.5 Å². The maximum Gasteiger partial charge on any atom is 0.227 e. The minimum Gasteiger partial charge on any atom is -0.441 e. The summed E-state index contributed by atoms with van der Waals surface area (Å²) in [4.78, 5) is 18.9. The monoisotopic (exact) mass is 406 g/mol. The van der Waals surface area contributed by atoms with Crippen LogP contribution in [0.5, 0.6) is 0 Å². The van der Waals surface area contributed by atoms with Gasteiger partial charge >= 0.3 is 0 Å². The quantitative estimate of drug-likeness (QED) is 0.768. The number of nitrogens with zero attached hydrogens (tertiary/aromatic N) is 2. The number of carbonyl (C=O) groups is 1. The molecular weight excluding hydrogens is 383 g/mol. The number of carbonyl (C=O) groups excluding carboxylic acids is 1. The van der Waals surface area contributed by atoms with Gasteiger partial charge in [0.05, 0.1) is 12.1 Å². The van der Waals surface area contributed by atoms with Gasteiger partial charge in [0.2, 0.25) is 11.8 Å². The standard InChI is InChI=1S/C16H22N4O2S.2ClH/c1-12-14(19-16(22-12)13-2-9-23-11-13)10-15(21)18-5-8-20-6-3-17-4-7-20;;/h2,9,11,17H,3-8,10H2,1H3,(H,18,21);2*1H. The third kappa shape index (κ3) is 6.27. The van der Waals surface area contributed by atoms with Gasteiger partial charge in [0, 0.05) is 50.2 Å². The Labute approximate surface area is 164 Å². The molecule has 1 fully saturated rings. The number of aryl methyl sites for hydroxylation is 1. The predicted octanol–water partition coefficient (Wildman–Crippen LogP) is 2.12. The van der Waals surface area contributed by atoms with Crippen molar-refractivity contribution in [2.45, 2.75) is 13.3 Å². The van der Waals surface area contributed by atoms with Crippen molar-refractivity contribution in [3.63, 3.8) is 0 Å². The maximum atomic E-state index is 12.1. The molecule has 25 heavy (non-hydrogen) atoms. The lowest BCUT2D eigenvalue weighted by Gasteiger charge is -2.27. The van der Waals surface area contributed by atoms with Gasteiger partial charge in [0.25, 0.3) is 0 Å². The number of oxazole rings is 1. The molecule has 1 aliphatic heterocycles. The minimum absolute atomic E-state index is 0. The first-order valence-corrected chi connectivity index (χ1v) is 8.85. The molecule has 0 radical (unpaired) electrons. The molecule has 1 aliphatic rings. The Kier molecular flexibility index (Phi) is 9.45. The summed E-state index contributed by atoms with van der Waals surface area (Å²) in [5.74, 6) is 1.30. The van der Waals surface area contributed by atoms with Crippen LogP contribution in [0.4, 0.5) is 0 Å². The first kappa shape index (κ1) is 21.9. The predicted molar refractivity (Wildman–Crippen MR) is 105 cm³/mol. The maximum absolute atomic E-state index is 12.1. The first-order valence-electron chi connectivity index (χ1n) is 7.91. The summed E-state index contributed by atoms with van der Waals surface area (Å²) < 4.78 is 5.66. The van der Waals surface area contributed by atoms with Crippen molar-refractivity contribution >= 4 is 42.1 Å². The molecule has 0 saturated carbocycles. The Balaban J connectivity index is 0.00000156. The molecule has 0 atom stereocenters. The molecule has 140 valence electrons. The van der Waals surface area contributed by atoms with E-state index in [1.54, 1.807) is 11.3 Å². The lowest BCUT2D eigenvalue weighted by Crippen LogP contribution is -2.46. The number of hydrogen-bond donors (Lipinski definition) is 2. The highest BCUT2D eigenvalue weighted by molar-refractivity contribution is 7.08. The van der Waals surface area contributed by atoms with Gasteiger partial charge in [-0.3, -0.25) is 9.69 Å². The summed E-state index contributed by atoms with van der Waals surface area (Å²) in [6.45, 7) is 7.56. The Morgan fingerprint density at radius 3 is 2.84 bits per heavy atom. The molecule has 1 amide bonds. The van der Waals surface area contributed by atoms with E-state index < -0.39 is 0 Å². The number of amides is 1. The zero-order valence-corrected chi connectivity index (χ0v) is 16.6. The van der Waals surface area contributed by atoms with Crippen LogP contribution in [-0.2, 0) is 11.2 Å². The van der Waals surface area contributed by atoms with Crippen LogP contribution in [-0.4, -0.2) is 55.1 Å². The highest BCUT2D eigenvalue weighted by Gasteiger charge is 2.15. The van der Waals surface area contributed by atoms with E-state index in [0.717, 1.165) is 38.3 Å². The summed E-state index contributed by atoms with van der Waals surface area (Å²) in [5.41, 5.74) is 1.68. The highest BCUT2D eigenvalue weighted by Crippen LogP contribution is 2.23. The third-order valence-electron chi connectivity index (χ3n) is 3.95. The van der Waals surface area contributed by atoms with Crippen LogP contribution in [0, 0.1) is 6.92 Å². The number of halogens is 2. The second-order valence-corrected chi connectivity index (χ2v) is 6.43. The molecule has 0 spiro atoms. The van der Waals surface area contributed by atoms with Crippen LogP contribution in [0.1, 0.15) is 11.5 Å². The number of aromatic nitrogens is 1. The summed E-state index contributed by atoms with van der Waals surface area (Å²) >= 11 is 1.60. The molecular formula is C16H24Cl2N4O2S. The van der Waals surface area contributed by atoms with Gasteiger partial charge in [-0.25, -0.2) is 4.98 Å². The van der Waals surface area contributed by atoms with Gasteiger partial charge in [-0.2, -0.15) is 11.3 Å². The average molecular weight is 407 g/mol. The summed E-state index contributed by atoms with van der Waals surface area (Å²) in [7, 11) is 0. The lowest BCUT2D eigenvalue weighted by molar-refractivity contribution is -0.120. The van der Waals surface area contributed by atoms with Crippen molar-refractivity contribution in [1.29, 1.82) is 0 Å². The fraction of sp³-hybridized carbons (Fsp3) is 0.500. The van der Waals surface area contributed by atoms with Crippen molar-refractivity contribution in [1.82, 2.24) is 20.5 Å². The minimum atomic E-state index is -0.00611. The molecule has 6 nitrogen and oxygen atoms in total. The molecule has 2 N–H and O–H groups in total. The fourth-order valence-electron chi connectivity index (χ4n) is 2.60. The molecule has 0 aromatic carbocycles. The largest absolute Gasteiger partial charge is 0.441 e. The Bertz CT molecular complexity index is 643. The zero-order chi connectivity index (χ0) is 16.1. The van der Waals surface area contributed by atoms with Crippen LogP contribution >= 0.6 is 36.2 Å². The number of rotatable bonds is 6. The van der Waals surface area contributed by atoms with Crippen LogP contribution in [0.25, 0.3) is 11.5 Å². The van der Waals surface area contributed by atoms with Gasteiger partial charge in [-0.05, 0) is 18.4 Å². The van der Waals surface area contributed by atoms with Crippen molar-refractivity contribution in [2.24, 2.45) is 0 Å². The van der Waals surface area contributed by atoms with E-state index in [9.17, 15) is 4.79 Å². The van der Waals surface area contributed by atoms with Gasteiger partial charge in [0.15, 0.2) is 0 Å². The lowest BCUT2D eigenvalue weighted by atomic mass is 10.2. The molecule has 2 aromatic rings. The van der Waals surface area contributed by atoms with Crippen LogP contribution in [0.3, 0.4) is 0 Å².